The summed E-state index contributed by atoms with van der Waals surface area (Å²) in [5, 5.41) is 18.0. The summed E-state index contributed by atoms with van der Waals surface area (Å²) in [5.74, 6) is -3.21. The van der Waals surface area contributed by atoms with E-state index in [0.29, 0.717) is 5.56 Å². The molecule has 4 N–H and O–H groups in total. The molecule has 4 nitrogen and oxygen atoms in total. The summed E-state index contributed by atoms with van der Waals surface area (Å²) < 4.78 is 13.3. The highest BCUT2D eigenvalue weighted by molar-refractivity contribution is 5.76. The van der Waals surface area contributed by atoms with Gasteiger partial charge in [0.2, 0.25) is 0 Å². The number of benzene rings is 1. The third kappa shape index (κ3) is 2.24. The summed E-state index contributed by atoms with van der Waals surface area (Å²) in [7, 11) is 0. The van der Waals surface area contributed by atoms with Gasteiger partial charge in [-0.2, -0.15) is 0 Å². The zero-order chi connectivity index (χ0) is 11.6. The van der Waals surface area contributed by atoms with E-state index < -0.39 is 17.7 Å². The minimum absolute atomic E-state index is 0.000278. The van der Waals surface area contributed by atoms with Crippen LogP contribution in [0.25, 0.3) is 0 Å². The summed E-state index contributed by atoms with van der Waals surface area (Å²) in [4.78, 5) is 10.8. The van der Waals surface area contributed by atoms with Gasteiger partial charge in [0, 0.05) is 18.2 Å². The molecule has 0 fully saturated rings. The van der Waals surface area contributed by atoms with E-state index in [4.69, 9.17) is 10.8 Å². The Hall–Kier alpha value is -1.62. The molecule has 0 saturated heterocycles. The molecule has 0 radical (unpaired) electrons. The highest BCUT2D eigenvalue weighted by Crippen LogP contribution is 2.26. The van der Waals surface area contributed by atoms with E-state index in [1.54, 1.807) is 6.92 Å². The van der Waals surface area contributed by atoms with Crippen molar-refractivity contribution in [1.29, 1.82) is 0 Å². The number of phenolic OH excluding ortho intramolecular Hbond substituents is 1. The van der Waals surface area contributed by atoms with E-state index >= 15 is 0 Å². The van der Waals surface area contributed by atoms with Crippen LogP contribution in [0, 0.1) is 12.7 Å². The molecule has 0 spiro atoms. The monoisotopic (exact) mass is 213 g/mol. The summed E-state index contributed by atoms with van der Waals surface area (Å²) in [5.41, 5.74) is 5.68. The van der Waals surface area contributed by atoms with Gasteiger partial charge in [0.25, 0.3) is 0 Å². The minimum atomic E-state index is -1.18. The number of aromatic hydroxyl groups is 1. The molecule has 1 unspecified atom stereocenters. The van der Waals surface area contributed by atoms with Crippen molar-refractivity contribution in [3.05, 3.63) is 29.1 Å². The lowest BCUT2D eigenvalue weighted by atomic mass is 9.97. The molecule has 5 heteroatoms. The maximum atomic E-state index is 13.3. The Kier molecular flexibility index (Phi) is 3.26. The van der Waals surface area contributed by atoms with Crippen LogP contribution in [0.4, 0.5) is 4.39 Å². The Labute approximate surface area is 86.1 Å². The molecular weight excluding hydrogens is 201 g/mol. The fraction of sp³-hybridized carbons (Fsp3) is 0.300. The molecule has 1 aromatic carbocycles. The second kappa shape index (κ2) is 4.27. The lowest BCUT2D eigenvalue weighted by Crippen LogP contribution is -2.22. The second-order valence-corrected chi connectivity index (χ2v) is 3.29. The Bertz CT molecular complexity index is 392. The molecule has 0 aromatic heterocycles. The maximum Gasteiger partial charge on any atom is 0.312 e. The minimum Gasteiger partial charge on any atom is -0.508 e. The highest BCUT2D eigenvalue weighted by Gasteiger charge is 2.22. The lowest BCUT2D eigenvalue weighted by Gasteiger charge is -2.12. The van der Waals surface area contributed by atoms with E-state index in [0.717, 1.165) is 6.07 Å². The number of aliphatic carboxylic acids is 1. The van der Waals surface area contributed by atoms with Crippen molar-refractivity contribution in [2.24, 2.45) is 5.73 Å². The molecule has 0 saturated carbocycles. The molecule has 1 atom stereocenters. The van der Waals surface area contributed by atoms with Gasteiger partial charge in [0.05, 0.1) is 5.92 Å². The number of phenols is 1. The number of carbonyl (C=O) groups is 1. The quantitative estimate of drug-likeness (QED) is 0.698. The SMILES string of the molecule is Cc1cc(C(CN)C(=O)O)c(F)cc1O. The molecule has 0 heterocycles. The Morgan fingerprint density at radius 1 is 1.60 bits per heavy atom. The first-order chi connectivity index (χ1) is 6.97. The van der Waals surface area contributed by atoms with Gasteiger partial charge in [-0.15, -0.1) is 0 Å². The average molecular weight is 213 g/mol. The van der Waals surface area contributed by atoms with Crippen LogP contribution in [-0.4, -0.2) is 22.7 Å². The van der Waals surface area contributed by atoms with Crippen LogP contribution in [0.5, 0.6) is 5.75 Å². The molecule has 0 aliphatic rings. The zero-order valence-corrected chi connectivity index (χ0v) is 8.20. The van der Waals surface area contributed by atoms with Crippen LogP contribution in [0.3, 0.4) is 0 Å². The van der Waals surface area contributed by atoms with E-state index in [1.807, 2.05) is 0 Å². The van der Waals surface area contributed by atoms with Gasteiger partial charge in [-0.1, -0.05) is 0 Å². The van der Waals surface area contributed by atoms with E-state index in [9.17, 15) is 14.3 Å². The normalized spacial score (nSPS) is 12.5. The average Bonchev–Trinajstić information content (AvgIpc) is 2.14. The number of halogens is 1. The van der Waals surface area contributed by atoms with Gasteiger partial charge in [-0.25, -0.2) is 4.39 Å². The number of nitrogens with two attached hydrogens (primary N) is 1. The van der Waals surface area contributed by atoms with Crippen LogP contribution >= 0.6 is 0 Å². The van der Waals surface area contributed by atoms with Crippen LogP contribution in [-0.2, 0) is 4.79 Å². The fourth-order valence-electron chi connectivity index (χ4n) is 1.32. The number of hydrogen-bond donors (Lipinski definition) is 3. The lowest BCUT2D eigenvalue weighted by molar-refractivity contribution is -0.138. The third-order valence-electron chi connectivity index (χ3n) is 2.22. The number of hydrogen-bond acceptors (Lipinski definition) is 3. The third-order valence-corrected chi connectivity index (χ3v) is 2.22. The smallest absolute Gasteiger partial charge is 0.312 e. The van der Waals surface area contributed by atoms with Crippen molar-refractivity contribution in [1.82, 2.24) is 0 Å². The van der Waals surface area contributed by atoms with Gasteiger partial charge in [0.15, 0.2) is 0 Å². The molecule has 1 aromatic rings. The standard InChI is InChI=1S/C10H12FNO3/c1-5-2-6(7(4-12)10(14)15)8(11)3-9(5)13/h2-3,7,13H,4,12H2,1H3,(H,14,15). The number of carboxylic acids is 1. The van der Waals surface area contributed by atoms with Crippen LogP contribution < -0.4 is 5.73 Å². The van der Waals surface area contributed by atoms with Crippen molar-refractivity contribution in [3.8, 4) is 5.75 Å². The predicted octanol–water partition coefficient (Wildman–Crippen LogP) is 0.967. The predicted molar refractivity (Wildman–Crippen MR) is 52.2 cm³/mol. The van der Waals surface area contributed by atoms with Gasteiger partial charge >= 0.3 is 5.97 Å². The van der Waals surface area contributed by atoms with Gasteiger partial charge < -0.3 is 15.9 Å². The molecule has 0 amide bonds. The summed E-state index contributed by atoms with van der Waals surface area (Å²) in [6.45, 7) is 1.38. The van der Waals surface area contributed by atoms with Crippen molar-refractivity contribution in [2.75, 3.05) is 6.54 Å². The van der Waals surface area contributed by atoms with Crippen LogP contribution in [0.1, 0.15) is 17.0 Å². The first kappa shape index (κ1) is 11.5. The first-order valence-electron chi connectivity index (χ1n) is 4.39. The first-order valence-corrected chi connectivity index (χ1v) is 4.39. The van der Waals surface area contributed by atoms with Gasteiger partial charge in [0.1, 0.15) is 11.6 Å². The van der Waals surface area contributed by atoms with Crippen LogP contribution in [0.15, 0.2) is 12.1 Å². The van der Waals surface area contributed by atoms with E-state index in [2.05, 4.69) is 0 Å². The molecule has 0 aliphatic carbocycles. The van der Waals surface area contributed by atoms with Crippen LogP contribution in [0.2, 0.25) is 0 Å². The molecular formula is C10H12FNO3. The highest BCUT2D eigenvalue weighted by atomic mass is 19.1. The van der Waals surface area contributed by atoms with Crippen molar-refractivity contribution in [2.45, 2.75) is 12.8 Å². The second-order valence-electron chi connectivity index (χ2n) is 3.29. The topological polar surface area (TPSA) is 83.6 Å². The van der Waals surface area contributed by atoms with Crippen molar-refractivity contribution >= 4 is 5.97 Å². The zero-order valence-electron chi connectivity index (χ0n) is 8.20. The largest absolute Gasteiger partial charge is 0.508 e. The fourth-order valence-corrected chi connectivity index (χ4v) is 1.32. The Balaban J connectivity index is 3.24. The molecule has 0 bridgehead atoms. The summed E-state index contributed by atoms with van der Waals surface area (Å²) in [6, 6.07) is 2.20. The van der Waals surface area contributed by atoms with E-state index in [-0.39, 0.29) is 17.9 Å². The Morgan fingerprint density at radius 3 is 2.67 bits per heavy atom. The molecule has 15 heavy (non-hydrogen) atoms. The molecule has 1 rings (SSSR count). The van der Waals surface area contributed by atoms with Gasteiger partial charge in [-0.3, -0.25) is 4.79 Å². The van der Waals surface area contributed by atoms with E-state index in [1.165, 1.54) is 6.07 Å². The number of aryl methyl sites for hydroxylation is 1. The Morgan fingerprint density at radius 2 is 2.20 bits per heavy atom. The number of carboxylic acid groups (broad SMARTS) is 1. The summed E-state index contributed by atoms with van der Waals surface area (Å²) in [6.07, 6.45) is 0. The van der Waals surface area contributed by atoms with Crippen molar-refractivity contribution < 1.29 is 19.4 Å². The maximum absolute atomic E-state index is 13.3. The number of rotatable bonds is 3. The molecule has 0 aliphatic heterocycles. The summed E-state index contributed by atoms with van der Waals surface area (Å²) >= 11 is 0. The van der Waals surface area contributed by atoms with Gasteiger partial charge in [-0.05, 0) is 18.6 Å². The molecule has 82 valence electrons. The van der Waals surface area contributed by atoms with Crippen molar-refractivity contribution in [3.63, 3.8) is 0 Å².